The molecule has 0 aromatic heterocycles. The van der Waals surface area contributed by atoms with E-state index < -0.39 is 5.41 Å². The van der Waals surface area contributed by atoms with E-state index in [0.717, 1.165) is 17.1 Å². The van der Waals surface area contributed by atoms with E-state index >= 15 is 0 Å². The van der Waals surface area contributed by atoms with Crippen molar-refractivity contribution in [2.45, 2.75) is 19.3 Å². The van der Waals surface area contributed by atoms with Crippen LogP contribution in [0.5, 0.6) is 0 Å². The van der Waals surface area contributed by atoms with Gasteiger partial charge in [-0.3, -0.25) is 0 Å². The van der Waals surface area contributed by atoms with E-state index in [1.54, 1.807) is 0 Å². The average molecular weight is 590 g/mol. The summed E-state index contributed by atoms with van der Waals surface area (Å²) in [5, 5.41) is 0. The quantitative estimate of drug-likeness (QED) is 0.186. The van der Waals surface area contributed by atoms with Crippen molar-refractivity contribution in [3.05, 3.63) is 209 Å². The molecule has 0 radical (unpaired) electrons. The molecule has 7 aromatic carbocycles. The standard InChI is InChI=1S/C45H35N/c1-32-17-23-36(24-18-32)45(37-25-19-33(2)20-26-37)43-16-10-9-15-41(43)42-30-29-40(31-44(42)45)46(38-13-7-4-8-14-38)39-27-21-35(22-28-39)34-11-5-3-6-12-34/h3-31H,1-2H3. The van der Waals surface area contributed by atoms with Crippen LogP contribution in [-0.2, 0) is 5.41 Å². The lowest BCUT2D eigenvalue weighted by Gasteiger charge is -2.35. The number of fused-ring (bicyclic) bond motifs is 3. The molecule has 0 spiro atoms. The molecule has 0 heterocycles. The van der Waals surface area contributed by atoms with Gasteiger partial charge in [-0.15, -0.1) is 0 Å². The molecule has 8 rings (SSSR count). The van der Waals surface area contributed by atoms with Crippen molar-refractivity contribution in [1.82, 2.24) is 0 Å². The van der Waals surface area contributed by atoms with Crippen LogP contribution in [0.4, 0.5) is 17.1 Å². The largest absolute Gasteiger partial charge is 0.310 e. The number of para-hydroxylation sites is 1. The van der Waals surface area contributed by atoms with Crippen LogP contribution >= 0.6 is 0 Å². The van der Waals surface area contributed by atoms with E-state index in [1.807, 2.05) is 0 Å². The van der Waals surface area contributed by atoms with E-state index in [1.165, 1.54) is 55.6 Å². The molecule has 0 bridgehead atoms. The van der Waals surface area contributed by atoms with Gasteiger partial charge in [0.05, 0.1) is 5.41 Å². The van der Waals surface area contributed by atoms with Gasteiger partial charge in [0.1, 0.15) is 0 Å². The molecular weight excluding hydrogens is 555 g/mol. The molecule has 1 nitrogen and oxygen atoms in total. The van der Waals surface area contributed by atoms with Crippen LogP contribution in [0.3, 0.4) is 0 Å². The summed E-state index contributed by atoms with van der Waals surface area (Å²) in [6.45, 7) is 4.33. The first kappa shape index (κ1) is 27.9. The number of hydrogen-bond acceptors (Lipinski definition) is 1. The summed E-state index contributed by atoms with van der Waals surface area (Å²) >= 11 is 0. The predicted octanol–water partition coefficient (Wildman–Crippen LogP) is 11.8. The Balaban J connectivity index is 1.37. The van der Waals surface area contributed by atoms with E-state index in [2.05, 4.69) is 195 Å². The van der Waals surface area contributed by atoms with Crippen LogP contribution in [0.25, 0.3) is 22.3 Å². The zero-order chi connectivity index (χ0) is 31.1. The Kier molecular flexibility index (Phi) is 6.88. The third-order valence-electron chi connectivity index (χ3n) is 9.50. The topological polar surface area (TPSA) is 3.24 Å². The van der Waals surface area contributed by atoms with Crippen molar-refractivity contribution in [2.75, 3.05) is 4.90 Å². The second kappa shape index (κ2) is 11.4. The van der Waals surface area contributed by atoms with Crippen LogP contribution in [0.15, 0.2) is 176 Å². The molecule has 0 aliphatic heterocycles. The monoisotopic (exact) mass is 589 g/mol. The molecule has 1 aliphatic rings. The first-order chi connectivity index (χ1) is 22.6. The van der Waals surface area contributed by atoms with Gasteiger partial charge in [-0.2, -0.15) is 0 Å². The van der Waals surface area contributed by atoms with Gasteiger partial charge in [0.15, 0.2) is 0 Å². The van der Waals surface area contributed by atoms with Crippen molar-refractivity contribution >= 4 is 17.1 Å². The van der Waals surface area contributed by atoms with Gasteiger partial charge in [0.25, 0.3) is 0 Å². The number of rotatable bonds is 6. The molecule has 0 N–H and O–H groups in total. The molecule has 0 fully saturated rings. The third kappa shape index (κ3) is 4.55. The third-order valence-corrected chi connectivity index (χ3v) is 9.50. The molecule has 7 aromatic rings. The Morgan fingerprint density at radius 1 is 0.370 bits per heavy atom. The van der Waals surface area contributed by atoms with Gasteiger partial charge in [-0.1, -0.05) is 151 Å². The second-order valence-electron chi connectivity index (χ2n) is 12.3. The molecular formula is C45H35N. The molecule has 0 saturated carbocycles. The smallest absolute Gasteiger partial charge is 0.0714 e. The molecule has 0 amide bonds. The Labute approximate surface area is 272 Å². The number of benzene rings is 7. The van der Waals surface area contributed by atoms with E-state index in [4.69, 9.17) is 0 Å². The average Bonchev–Trinajstić information content (AvgIpc) is 3.41. The summed E-state index contributed by atoms with van der Waals surface area (Å²) < 4.78 is 0. The summed E-state index contributed by atoms with van der Waals surface area (Å²) in [5.74, 6) is 0. The van der Waals surface area contributed by atoms with E-state index in [0.29, 0.717) is 0 Å². The van der Waals surface area contributed by atoms with Crippen LogP contribution < -0.4 is 4.90 Å². The molecule has 0 unspecified atom stereocenters. The molecule has 220 valence electrons. The summed E-state index contributed by atoms with van der Waals surface area (Å²) in [6, 6.07) is 64.6. The first-order valence-electron chi connectivity index (χ1n) is 16.0. The van der Waals surface area contributed by atoms with Gasteiger partial charge in [0, 0.05) is 17.1 Å². The minimum absolute atomic E-state index is 0.455. The lowest BCUT2D eigenvalue weighted by Crippen LogP contribution is -2.28. The van der Waals surface area contributed by atoms with Crippen LogP contribution in [0.1, 0.15) is 33.4 Å². The van der Waals surface area contributed by atoms with Crippen molar-refractivity contribution < 1.29 is 0 Å². The molecule has 1 aliphatic carbocycles. The number of hydrogen-bond donors (Lipinski definition) is 0. The fourth-order valence-corrected chi connectivity index (χ4v) is 7.26. The first-order valence-corrected chi connectivity index (χ1v) is 16.0. The normalized spacial score (nSPS) is 12.7. The van der Waals surface area contributed by atoms with E-state index in [-0.39, 0.29) is 0 Å². The number of anilines is 3. The lowest BCUT2D eigenvalue weighted by atomic mass is 9.67. The van der Waals surface area contributed by atoms with Crippen molar-refractivity contribution in [3.8, 4) is 22.3 Å². The minimum Gasteiger partial charge on any atom is -0.310 e. The van der Waals surface area contributed by atoms with E-state index in [9.17, 15) is 0 Å². The maximum absolute atomic E-state index is 2.44. The highest BCUT2D eigenvalue weighted by molar-refractivity contribution is 5.89. The van der Waals surface area contributed by atoms with Crippen molar-refractivity contribution in [3.63, 3.8) is 0 Å². The Morgan fingerprint density at radius 2 is 0.848 bits per heavy atom. The Morgan fingerprint density at radius 3 is 1.48 bits per heavy atom. The predicted molar refractivity (Wildman–Crippen MR) is 193 cm³/mol. The Bertz CT molecular complexity index is 2080. The molecule has 46 heavy (non-hydrogen) atoms. The summed E-state index contributed by atoms with van der Waals surface area (Å²) in [5.41, 5.74) is 15.7. The Hall–Kier alpha value is -5.66. The van der Waals surface area contributed by atoms with Gasteiger partial charge < -0.3 is 4.90 Å². The highest BCUT2D eigenvalue weighted by atomic mass is 15.1. The van der Waals surface area contributed by atoms with Crippen LogP contribution in [0, 0.1) is 13.8 Å². The highest BCUT2D eigenvalue weighted by Gasteiger charge is 2.46. The van der Waals surface area contributed by atoms with Crippen LogP contribution in [-0.4, -0.2) is 0 Å². The second-order valence-corrected chi connectivity index (χ2v) is 12.3. The van der Waals surface area contributed by atoms with Gasteiger partial charge in [-0.05, 0) is 94.8 Å². The summed E-state index contributed by atoms with van der Waals surface area (Å²) in [7, 11) is 0. The SMILES string of the molecule is Cc1ccc(C2(c3ccc(C)cc3)c3ccccc3-c3ccc(N(c4ccccc4)c4ccc(-c5ccccc5)cc4)cc32)cc1. The fourth-order valence-electron chi connectivity index (χ4n) is 7.26. The molecule has 1 heteroatoms. The number of nitrogens with zero attached hydrogens (tertiary/aromatic N) is 1. The van der Waals surface area contributed by atoms with Gasteiger partial charge in [-0.25, -0.2) is 0 Å². The fraction of sp³-hybridized carbons (Fsp3) is 0.0667. The summed E-state index contributed by atoms with van der Waals surface area (Å²) in [6.07, 6.45) is 0. The summed E-state index contributed by atoms with van der Waals surface area (Å²) in [4.78, 5) is 2.38. The minimum atomic E-state index is -0.455. The zero-order valence-corrected chi connectivity index (χ0v) is 26.2. The molecule has 0 saturated heterocycles. The van der Waals surface area contributed by atoms with Crippen molar-refractivity contribution in [2.24, 2.45) is 0 Å². The maximum atomic E-state index is 2.44. The highest BCUT2D eigenvalue weighted by Crippen LogP contribution is 2.57. The molecule has 0 atom stereocenters. The maximum Gasteiger partial charge on any atom is 0.0714 e. The van der Waals surface area contributed by atoms with Crippen LogP contribution in [0.2, 0.25) is 0 Å². The lowest BCUT2D eigenvalue weighted by molar-refractivity contribution is 0.767. The number of aryl methyl sites for hydroxylation is 2. The van der Waals surface area contributed by atoms with Gasteiger partial charge in [0.2, 0.25) is 0 Å². The van der Waals surface area contributed by atoms with Gasteiger partial charge >= 0.3 is 0 Å². The van der Waals surface area contributed by atoms with Crippen molar-refractivity contribution in [1.29, 1.82) is 0 Å². The zero-order valence-electron chi connectivity index (χ0n) is 26.2.